The number of carbonyl (C=O) groups is 1. The maximum Gasteiger partial charge on any atom is 0.323 e. The first-order valence-electron chi connectivity index (χ1n) is 22.9. The number of hydrogen-bond acceptors (Lipinski definition) is 8. The van der Waals surface area contributed by atoms with Crippen molar-refractivity contribution in [3.8, 4) is 0 Å². The summed E-state index contributed by atoms with van der Waals surface area (Å²) in [4.78, 5) is 19.0. The van der Waals surface area contributed by atoms with Gasteiger partial charge in [0, 0.05) is 43.6 Å². The summed E-state index contributed by atoms with van der Waals surface area (Å²) in [5.41, 5.74) is 0. The van der Waals surface area contributed by atoms with E-state index in [1.165, 1.54) is 83.5 Å². The summed E-state index contributed by atoms with van der Waals surface area (Å²) in [5, 5.41) is 21.3. The van der Waals surface area contributed by atoms with Crippen molar-refractivity contribution in [3.05, 3.63) is 30.3 Å². The van der Waals surface area contributed by atoms with E-state index in [0.717, 1.165) is 69.5 Å². The van der Waals surface area contributed by atoms with Crippen LogP contribution in [0, 0.1) is 0 Å². The van der Waals surface area contributed by atoms with E-state index in [9.17, 15) is 15.0 Å². The summed E-state index contributed by atoms with van der Waals surface area (Å²) in [6.45, 7) is 19.1. The van der Waals surface area contributed by atoms with Gasteiger partial charge < -0.3 is 29.2 Å². The van der Waals surface area contributed by atoms with Crippen LogP contribution in [0.15, 0.2) is 35.2 Å². The fourth-order valence-corrected chi connectivity index (χ4v) is 10.7. The number of hydrogen-bond donors (Lipinski definition) is 2. The Morgan fingerprint density at radius 1 is 0.786 bits per heavy atom. The van der Waals surface area contributed by atoms with E-state index < -0.39 is 13.1 Å². The van der Waals surface area contributed by atoms with Gasteiger partial charge in [-0.1, -0.05) is 149 Å². The molecule has 2 rings (SSSR count). The molecule has 1 heterocycles. The number of ether oxygens (including phenoxy) is 1. The van der Waals surface area contributed by atoms with Crippen molar-refractivity contribution in [1.29, 1.82) is 0 Å². The van der Waals surface area contributed by atoms with Gasteiger partial charge >= 0.3 is 5.97 Å². The summed E-state index contributed by atoms with van der Waals surface area (Å²) in [6, 6.07) is 10.3. The van der Waals surface area contributed by atoms with Gasteiger partial charge in [0.05, 0.1) is 12.2 Å². The van der Waals surface area contributed by atoms with E-state index in [2.05, 4.69) is 76.8 Å². The minimum atomic E-state index is -2.03. The van der Waals surface area contributed by atoms with Crippen molar-refractivity contribution in [1.82, 2.24) is 9.80 Å². The van der Waals surface area contributed by atoms with Gasteiger partial charge in [-0.15, -0.1) is 11.8 Å². The van der Waals surface area contributed by atoms with Gasteiger partial charge in [0.25, 0.3) is 0 Å². The zero-order valence-corrected chi connectivity index (χ0v) is 39.6. The third kappa shape index (κ3) is 21.4. The van der Waals surface area contributed by atoms with Crippen molar-refractivity contribution in [2.24, 2.45) is 0 Å². The van der Waals surface area contributed by atoms with Crippen molar-refractivity contribution in [3.63, 3.8) is 0 Å². The number of benzene rings is 1. The minimum absolute atomic E-state index is 0.0404. The molecule has 7 nitrogen and oxygen atoms in total. The van der Waals surface area contributed by atoms with Gasteiger partial charge in [-0.05, 0) is 77.0 Å². The number of aliphatic hydroxyl groups excluding tert-OH is 2. The number of nitrogens with zero attached hydrogens (tertiary/aromatic N) is 2. The number of thioether (sulfide) groups is 1. The van der Waals surface area contributed by atoms with Crippen LogP contribution in [-0.4, -0.2) is 104 Å². The predicted molar refractivity (Wildman–Crippen MR) is 242 cm³/mol. The first-order valence-corrected chi connectivity index (χ1v) is 26.7. The van der Waals surface area contributed by atoms with Crippen LogP contribution >= 0.6 is 11.8 Å². The smallest absolute Gasteiger partial charge is 0.323 e. The van der Waals surface area contributed by atoms with E-state index in [4.69, 9.17) is 9.16 Å². The van der Waals surface area contributed by atoms with Crippen LogP contribution in [0.25, 0.3) is 0 Å². The van der Waals surface area contributed by atoms with Gasteiger partial charge in [-0.25, -0.2) is 0 Å². The molecule has 0 bridgehead atoms. The topological polar surface area (TPSA) is 82.5 Å². The summed E-state index contributed by atoms with van der Waals surface area (Å²) in [7, 11) is 2.16. The predicted octanol–water partition coefficient (Wildman–Crippen LogP) is 11.7. The Kier molecular flexibility index (Phi) is 25.4. The fourth-order valence-electron chi connectivity index (χ4n) is 7.80. The molecule has 0 amide bonds. The highest BCUT2D eigenvalue weighted by atomic mass is 32.2. The molecule has 1 aromatic carbocycles. The third-order valence-corrected chi connectivity index (χ3v) is 18.2. The number of unbranched alkanes of at least 4 members (excludes halogenated alkanes) is 14. The molecule has 1 fully saturated rings. The van der Waals surface area contributed by atoms with Crippen LogP contribution < -0.4 is 0 Å². The Labute approximate surface area is 351 Å². The molecule has 0 aromatic heterocycles. The fraction of sp³-hybridized carbons (Fsp3) is 0.851. The molecule has 1 aromatic rings. The molecule has 2 N–H and O–H groups in total. The number of esters is 1. The lowest BCUT2D eigenvalue weighted by atomic mass is 9.94. The first kappa shape index (κ1) is 51.2. The molecule has 1 aliphatic heterocycles. The van der Waals surface area contributed by atoms with E-state index >= 15 is 0 Å². The summed E-state index contributed by atoms with van der Waals surface area (Å²) < 4.78 is 12.3. The standard InChI is InChI=1S/C47H88N2O5SSi/c1-10-11-12-13-14-17-20-24-29-41(50)38-48(6)34-35-49(7)39-42(51)30-25-21-18-15-16-19-22-26-31-43(54-56(8,9)46(3,4)5)37-47(36-40(2)53-45(47)52)55-44-32-27-23-28-33-44/h23,27-28,32-33,40-43,50-51H,10-22,24-26,29-31,34-39H2,1-9H3/t40-,41+,42+,43+,47?/m0/s1. The lowest BCUT2D eigenvalue weighted by Gasteiger charge is -2.41. The molecular formula is C47H88N2O5SSi. The second kappa shape index (κ2) is 27.7. The average molecular weight is 821 g/mol. The zero-order chi connectivity index (χ0) is 41.5. The maximum absolute atomic E-state index is 13.4. The van der Waals surface area contributed by atoms with Gasteiger partial charge in [0.1, 0.15) is 10.9 Å². The van der Waals surface area contributed by atoms with E-state index in [-0.39, 0.29) is 35.4 Å². The highest BCUT2D eigenvalue weighted by molar-refractivity contribution is 8.01. The largest absolute Gasteiger partial charge is 0.462 e. The molecule has 1 unspecified atom stereocenters. The summed E-state index contributed by atoms with van der Waals surface area (Å²) >= 11 is 1.68. The Morgan fingerprint density at radius 2 is 1.23 bits per heavy atom. The van der Waals surface area contributed by atoms with Crippen LogP contribution in [0.5, 0.6) is 0 Å². The molecule has 1 saturated heterocycles. The number of carbonyl (C=O) groups excluding carboxylic acids is 1. The molecule has 9 heteroatoms. The first-order chi connectivity index (χ1) is 26.6. The van der Waals surface area contributed by atoms with Crippen molar-refractivity contribution >= 4 is 26.0 Å². The molecule has 326 valence electrons. The lowest BCUT2D eigenvalue weighted by Crippen LogP contribution is -2.46. The Bertz CT molecular complexity index is 1150. The molecule has 0 radical (unpaired) electrons. The average Bonchev–Trinajstić information content (AvgIpc) is 3.39. The van der Waals surface area contributed by atoms with E-state index in [0.29, 0.717) is 13.0 Å². The monoisotopic (exact) mass is 821 g/mol. The van der Waals surface area contributed by atoms with Crippen LogP contribution in [0.4, 0.5) is 0 Å². The van der Waals surface area contributed by atoms with Gasteiger partial charge in [-0.2, -0.15) is 0 Å². The maximum atomic E-state index is 13.4. The molecule has 5 atom stereocenters. The lowest BCUT2D eigenvalue weighted by molar-refractivity contribution is -0.143. The van der Waals surface area contributed by atoms with Crippen molar-refractivity contribution in [2.45, 2.75) is 222 Å². The van der Waals surface area contributed by atoms with Gasteiger partial charge in [-0.3, -0.25) is 4.79 Å². The van der Waals surface area contributed by atoms with Crippen LogP contribution in [-0.2, 0) is 14.0 Å². The second-order valence-corrected chi connectivity index (χ2v) is 25.2. The van der Waals surface area contributed by atoms with Crippen LogP contribution in [0.3, 0.4) is 0 Å². The highest BCUT2D eigenvalue weighted by Gasteiger charge is 2.51. The minimum Gasteiger partial charge on any atom is -0.462 e. The van der Waals surface area contributed by atoms with Gasteiger partial charge in [0.15, 0.2) is 8.32 Å². The van der Waals surface area contributed by atoms with Gasteiger partial charge in [0.2, 0.25) is 0 Å². The molecule has 0 spiro atoms. The van der Waals surface area contributed by atoms with Crippen molar-refractivity contribution < 1.29 is 24.2 Å². The zero-order valence-electron chi connectivity index (χ0n) is 37.8. The number of likely N-dealkylation sites (N-methyl/N-ethyl adjacent to an activating group) is 2. The number of rotatable bonds is 33. The molecular weight excluding hydrogens is 733 g/mol. The summed E-state index contributed by atoms with van der Waals surface area (Å²) in [5.74, 6) is -0.0818. The summed E-state index contributed by atoms with van der Waals surface area (Å²) in [6.07, 6.45) is 23.5. The van der Waals surface area contributed by atoms with Crippen LogP contribution in [0.2, 0.25) is 18.1 Å². The SMILES string of the molecule is CCCCCCCCCC[C@@H](O)CN(C)CCN(C)C[C@H](O)CCCCCCCCCC[C@H](CC1(Sc2ccccc2)C[C@H](C)OC1=O)O[Si](C)(C)C(C)(C)C. The highest BCUT2D eigenvalue weighted by Crippen LogP contribution is 2.48. The number of cyclic esters (lactones) is 1. The Balaban J connectivity index is 1.62. The van der Waals surface area contributed by atoms with E-state index in [1.54, 1.807) is 11.8 Å². The molecule has 0 saturated carbocycles. The Hall–Kier alpha value is -0.943. The molecule has 0 aliphatic carbocycles. The van der Waals surface area contributed by atoms with E-state index in [1.807, 2.05) is 25.1 Å². The molecule has 56 heavy (non-hydrogen) atoms. The quantitative estimate of drug-likeness (QED) is 0.0412. The second-order valence-electron chi connectivity index (χ2n) is 19.0. The van der Waals surface area contributed by atoms with Crippen LogP contribution in [0.1, 0.15) is 169 Å². The van der Waals surface area contributed by atoms with Crippen molar-refractivity contribution in [2.75, 3.05) is 40.3 Å². The molecule has 1 aliphatic rings. The Morgan fingerprint density at radius 3 is 1.66 bits per heavy atom. The number of aliphatic hydroxyl groups is 2. The third-order valence-electron chi connectivity index (χ3n) is 12.3. The normalized spacial score (nSPS) is 19.5.